The predicted octanol–water partition coefficient (Wildman–Crippen LogP) is 2.21. The van der Waals surface area contributed by atoms with E-state index >= 15 is 0 Å². The lowest BCUT2D eigenvalue weighted by Crippen LogP contribution is -2.52. The van der Waals surface area contributed by atoms with Crippen LogP contribution in [0.5, 0.6) is 0 Å². The first kappa shape index (κ1) is 20.9. The Bertz CT molecular complexity index is 863. The van der Waals surface area contributed by atoms with Crippen molar-refractivity contribution in [1.29, 1.82) is 0 Å². The summed E-state index contributed by atoms with van der Waals surface area (Å²) in [5.74, 6) is 0.961. The van der Waals surface area contributed by atoms with Gasteiger partial charge in [0.1, 0.15) is 6.10 Å². The summed E-state index contributed by atoms with van der Waals surface area (Å²) < 4.78 is 7.82. The summed E-state index contributed by atoms with van der Waals surface area (Å²) in [7, 11) is 3.81. The van der Waals surface area contributed by atoms with Crippen LogP contribution >= 0.6 is 0 Å². The number of morpholine rings is 1. The van der Waals surface area contributed by atoms with Crippen LogP contribution in [0.25, 0.3) is 0 Å². The van der Waals surface area contributed by atoms with Gasteiger partial charge in [-0.25, -0.2) is 0 Å². The molecule has 2 aliphatic heterocycles. The molecule has 1 fully saturated rings. The number of guanidine groups is 1. The summed E-state index contributed by atoms with van der Waals surface area (Å²) in [6.45, 7) is 7.68. The van der Waals surface area contributed by atoms with Gasteiger partial charge in [-0.05, 0) is 24.0 Å². The van der Waals surface area contributed by atoms with E-state index in [-0.39, 0.29) is 6.10 Å². The van der Waals surface area contributed by atoms with E-state index in [2.05, 4.69) is 56.4 Å². The molecule has 0 bridgehead atoms. The fraction of sp³-hybridized carbons (Fsp3) is 0.565. The molecule has 30 heavy (non-hydrogen) atoms. The molecule has 0 saturated carbocycles. The molecule has 4 rings (SSSR count). The summed E-state index contributed by atoms with van der Waals surface area (Å²) in [6, 6.07) is 9.33. The van der Waals surface area contributed by atoms with Crippen LogP contribution in [0.1, 0.15) is 36.1 Å². The summed E-state index contributed by atoms with van der Waals surface area (Å²) in [5.41, 5.74) is 4.09. The predicted molar refractivity (Wildman–Crippen MR) is 119 cm³/mol. The molecule has 1 aromatic carbocycles. The van der Waals surface area contributed by atoms with Gasteiger partial charge in [-0.3, -0.25) is 14.6 Å². The minimum atomic E-state index is 0.0339. The highest BCUT2D eigenvalue weighted by atomic mass is 16.5. The molecule has 0 aliphatic carbocycles. The number of aliphatic imine (C=N–C) groups is 1. The van der Waals surface area contributed by atoms with Gasteiger partial charge in [0.2, 0.25) is 0 Å². The molecule has 1 aromatic heterocycles. The molecule has 7 heteroatoms. The molecule has 1 N–H and O–H groups in total. The third kappa shape index (κ3) is 4.68. The van der Waals surface area contributed by atoms with E-state index < -0.39 is 0 Å². The lowest BCUT2D eigenvalue weighted by molar-refractivity contribution is -0.00816. The van der Waals surface area contributed by atoms with Crippen molar-refractivity contribution < 1.29 is 4.74 Å². The summed E-state index contributed by atoms with van der Waals surface area (Å²) >= 11 is 0. The molecule has 2 aromatic rings. The molecule has 2 atom stereocenters. The van der Waals surface area contributed by atoms with Crippen LogP contribution < -0.4 is 5.32 Å². The average molecular weight is 411 g/mol. The number of nitrogens with zero attached hydrogens (tertiary/aromatic N) is 5. The summed E-state index contributed by atoms with van der Waals surface area (Å²) in [5, 5.41) is 7.93. The van der Waals surface area contributed by atoms with Crippen molar-refractivity contribution in [3.8, 4) is 0 Å². The number of hydrogen-bond donors (Lipinski definition) is 1. The van der Waals surface area contributed by atoms with Gasteiger partial charge < -0.3 is 15.0 Å². The van der Waals surface area contributed by atoms with Crippen LogP contribution in [0.2, 0.25) is 0 Å². The van der Waals surface area contributed by atoms with E-state index in [0.717, 1.165) is 57.1 Å². The van der Waals surface area contributed by atoms with Gasteiger partial charge in [0.15, 0.2) is 5.96 Å². The van der Waals surface area contributed by atoms with Crippen LogP contribution in [0, 0.1) is 0 Å². The molecule has 2 aliphatic rings. The Hall–Kier alpha value is -2.38. The van der Waals surface area contributed by atoms with Crippen LogP contribution in [0.15, 0.2) is 41.7 Å². The first-order chi connectivity index (χ1) is 14.7. The van der Waals surface area contributed by atoms with E-state index in [9.17, 15) is 0 Å². The molecule has 0 spiro atoms. The van der Waals surface area contributed by atoms with Crippen LogP contribution in [0.3, 0.4) is 0 Å². The topological polar surface area (TPSA) is 57.9 Å². The number of rotatable bonds is 5. The number of fused-ring (bicyclic) bond motifs is 1. The van der Waals surface area contributed by atoms with E-state index in [1.54, 1.807) is 0 Å². The normalized spacial score (nSPS) is 21.4. The molecule has 0 radical (unpaired) electrons. The van der Waals surface area contributed by atoms with Crippen molar-refractivity contribution in [3.63, 3.8) is 0 Å². The largest absolute Gasteiger partial charge is 0.370 e. The van der Waals surface area contributed by atoms with Crippen LogP contribution in [0.4, 0.5) is 0 Å². The van der Waals surface area contributed by atoms with E-state index in [1.807, 2.05) is 31.2 Å². The summed E-state index contributed by atoms with van der Waals surface area (Å²) in [4.78, 5) is 9.49. The second kappa shape index (κ2) is 9.62. The van der Waals surface area contributed by atoms with Crippen LogP contribution in [-0.4, -0.2) is 71.4 Å². The zero-order chi connectivity index (χ0) is 20.9. The first-order valence-electron chi connectivity index (χ1n) is 11.0. The Morgan fingerprint density at radius 2 is 2.13 bits per heavy atom. The highest BCUT2D eigenvalue weighted by Gasteiger charge is 2.27. The maximum atomic E-state index is 5.99. The van der Waals surface area contributed by atoms with Crippen LogP contribution in [-0.2, 0) is 24.8 Å². The molecular weight excluding hydrogens is 376 g/mol. The van der Waals surface area contributed by atoms with Gasteiger partial charge in [0, 0.05) is 58.1 Å². The fourth-order valence-electron chi connectivity index (χ4n) is 4.55. The van der Waals surface area contributed by atoms with Gasteiger partial charge in [0.25, 0.3) is 0 Å². The van der Waals surface area contributed by atoms with E-state index in [4.69, 9.17) is 4.74 Å². The third-order valence-corrected chi connectivity index (χ3v) is 6.32. The first-order valence-corrected chi connectivity index (χ1v) is 11.0. The molecular formula is C23H34N6O. The molecule has 162 valence electrons. The van der Waals surface area contributed by atoms with Gasteiger partial charge >= 0.3 is 0 Å². The SMILES string of the molecule is CCC(CNC(=NC)N1CCOC(c2cnn(C)c2)C1)N1CCc2ccccc2C1. The Balaban J connectivity index is 1.35. The molecule has 3 heterocycles. The maximum Gasteiger partial charge on any atom is 0.193 e. The smallest absolute Gasteiger partial charge is 0.193 e. The van der Waals surface area contributed by atoms with E-state index in [0.29, 0.717) is 12.6 Å². The number of aromatic nitrogens is 2. The highest BCUT2D eigenvalue weighted by Crippen LogP contribution is 2.23. The lowest BCUT2D eigenvalue weighted by atomic mass is 9.98. The second-order valence-corrected chi connectivity index (χ2v) is 8.23. The minimum Gasteiger partial charge on any atom is -0.370 e. The Morgan fingerprint density at radius 3 is 2.87 bits per heavy atom. The number of hydrogen-bond acceptors (Lipinski definition) is 4. The Morgan fingerprint density at radius 1 is 1.30 bits per heavy atom. The quantitative estimate of drug-likeness (QED) is 0.605. The highest BCUT2D eigenvalue weighted by molar-refractivity contribution is 5.80. The monoisotopic (exact) mass is 410 g/mol. The molecule has 7 nitrogen and oxygen atoms in total. The second-order valence-electron chi connectivity index (χ2n) is 8.23. The van der Waals surface area contributed by atoms with Gasteiger partial charge in [-0.15, -0.1) is 0 Å². The van der Waals surface area contributed by atoms with Gasteiger partial charge in [-0.1, -0.05) is 31.2 Å². The van der Waals surface area contributed by atoms with Crippen molar-refractivity contribution >= 4 is 5.96 Å². The maximum absolute atomic E-state index is 5.99. The molecule has 2 unspecified atom stereocenters. The zero-order valence-corrected chi connectivity index (χ0v) is 18.4. The average Bonchev–Trinajstić information content (AvgIpc) is 3.23. The third-order valence-electron chi connectivity index (χ3n) is 6.32. The standard InChI is InChI=1S/C23H34N6O/c1-4-21(28-10-9-18-7-5-6-8-19(18)16-28)14-25-23(24-2)29-11-12-30-22(17-29)20-13-26-27(3)15-20/h5-8,13,15,21-22H,4,9-12,14,16-17H2,1-3H3,(H,24,25). The molecule has 0 amide bonds. The van der Waals surface area contributed by atoms with Gasteiger partial charge in [-0.2, -0.15) is 5.10 Å². The lowest BCUT2D eigenvalue weighted by Gasteiger charge is -2.38. The van der Waals surface area contributed by atoms with Crippen molar-refractivity contribution in [3.05, 3.63) is 53.3 Å². The van der Waals surface area contributed by atoms with Crippen molar-refractivity contribution in [2.24, 2.45) is 12.0 Å². The summed E-state index contributed by atoms with van der Waals surface area (Å²) in [6.07, 6.45) is 6.22. The zero-order valence-electron chi connectivity index (χ0n) is 18.4. The van der Waals surface area contributed by atoms with Crippen molar-refractivity contribution in [2.75, 3.05) is 39.8 Å². The number of nitrogens with one attached hydrogen (secondary N) is 1. The Kier molecular flexibility index (Phi) is 6.69. The Labute approximate surface area is 179 Å². The van der Waals surface area contributed by atoms with E-state index in [1.165, 1.54) is 11.1 Å². The molecule has 1 saturated heterocycles. The fourth-order valence-corrected chi connectivity index (χ4v) is 4.55. The number of aryl methyl sites for hydroxylation is 1. The minimum absolute atomic E-state index is 0.0339. The number of benzene rings is 1. The number of ether oxygens (including phenoxy) is 1. The van der Waals surface area contributed by atoms with Crippen molar-refractivity contribution in [2.45, 2.75) is 38.5 Å². The van der Waals surface area contributed by atoms with Crippen molar-refractivity contribution in [1.82, 2.24) is 24.9 Å². The van der Waals surface area contributed by atoms with Gasteiger partial charge in [0.05, 0.1) is 19.3 Å².